The van der Waals surface area contributed by atoms with E-state index in [2.05, 4.69) is 36.1 Å². The lowest BCUT2D eigenvalue weighted by atomic mass is 9.87. The minimum Gasteiger partial charge on any atom is -0.465 e. The van der Waals surface area contributed by atoms with Gasteiger partial charge in [-0.3, -0.25) is 24.0 Å². The second-order valence-corrected chi connectivity index (χ2v) is 18.3. The van der Waals surface area contributed by atoms with Crippen molar-refractivity contribution in [2.24, 2.45) is 17.8 Å². The Morgan fingerprint density at radius 2 is 1.75 bits per heavy atom. The van der Waals surface area contributed by atoms with Gasteiger partial charge in [-0.2, -0.15) is 0 Å². The fourth-order valence-electron chi connectivity index (χ4n) is 7.98. The number of amides is 4. The van der Waals surface area contributed by atoms with E-state index in [1.165, 1.54) is 17.0 Å². The molecule has 4 N–H and O–H groups in total. The fraction of sp³-hybridized carbons (Fsp3) is 0.579. The van der Waals surface area contributed by atoms with E-state index in [1.807, 2.05) is 45.0 Å². The summed E-state index contributed by atoms with van der Waals surface area (Å²) in [5.41, 5.74) is 0.941. The molecule has 2 aliphatic carbocycles. The van der Waals surface area contributed by atoms with Crippen molar-refractivity contribution in [1.82, 2.24) is 19.8 Å². The summed E-state index contributed by atoms with van der Waals surface area (Å²) in [6, 6.07) is 9.57. The number of anilines is 1. The first-order chi connectivity index (χ1) is 24.4. The van der Waals surface area contributed by atoms with Crippen LogP contribution < -0.4 is 15.4 Å². The van der Waals surface area contributed by atoms with E-state index in [1.54, 1.807) is 6.07 Å². The number of fused-ring (bicyclic) bond motifs is 1. The third-order valence-electron chi connectivity index (χ3n) is 11.3. The third kappa shape index (κ3) is 7.10. The molecule has 4 amide bonds. The first kappa shape index (κ1) is 37.6. The lowest BCUT2D eigenvalue weighted by Gasteiger charge is -2.32. The number of likely N-dealkylation sites (tertiary alicyclic amines) is 1. The number of hydrogen-bond acceptors (Lipinski definition) is 7. The standard InChI is InChI=1S/C38H50FN5O7S/c1-7-23-18-38(23,35(47)42-52(50,51)26-14-15-26)41-33(45)30-16-22(32-27-12-9-13-29(39)28(27)20-44(32)36(48)49)19-43(30)34(46)31(21(2)3)40-25-11-8-10-24(17-25)37(4,5)6/h8-13,17,21-23,26,30-32,40H,7,14-16,18-20H2,1-6H3,(H,41,45)(H,42,47)(H,48,49)/t22-,23-,30+,31+,32?,38-/m1/s1. The van der Waals surface area contributed by atoms with E-state index >= 15 is 0 Å². The van der Waals surface area contributed by atoms with Gasteiger partial charge in [-0.25, -0.2) is 17.6 Å². The highest BCUT2D eigenvalue weighted by molar-refractivity contribution is 7.91. The van der Waals surface area contributed by atoms with Gasteiger partial charge < -0.3 is 20.6 Å². The molecule has 2 saturated carbocycles. The normalized spacial score (nSPS) is 26.2. The highest BCUT2D eigenvalue weighted by Gasteiger charge is 2.62. The SMILES string of the molecule is CC[C@@H]1C[C@]1(NC(=O)[C@@H]1C[C@@H](C2c3cccc(F)c3CN2C(=O)O)CN1C(=O)[C@@H](Nc1cccc(C(C)(C)C)c1)C(C)C)C(=O)NS(=O)(=O)C1CC1. The molecule has 14 heteroatoms. The summed E-state index contributed by atoms with van der Waals surface area (Å²) in [5.74, 6) is -3.44. The van der Waals surface area contributed by atoms with Crippen molar-refractivity contribution in [3.8, 4) is 0 Å². The molecule has 6 rings (SSSR count). The van der Waals surface area contributed by atoms with Crippen molar-refractivity contribution in [3.05, 3.63) is 65.0 Å². The zero-order chi connectivity index (χ0) is 37.9. The van der Waals surface area contributed by atoms with Crippen LogP contribution in [0.5, 0.6) is 0 Å². The van der Waals surface area contributed by atoms with Crippen LogP contribution >= 0.6 is 0 Å². The molecule has 282 valence electrons. The molecule has 3 fully saturated rings. The van der Waals surface area contributed by atoms with E-state index in [0.717, 1.165) is 16.2 Å². The number of carbonyl (C=O) groups is 4. The Morgan fingerprint density at radius 1 is 1.06 bits per heavy atom. The van der Waals surface area contributed by atoms with Crippen molar-refractivity contribution in [2.45, 2.75) is 115 Å². The molecular weight excluding hydrogens is 690 g/mol. The van der Waals surface area contributed by atoms with E-state index in [9.17, 15) is 37.1 Å². The smallest absolute Gasteiger partial charge is 0.408 e. The summed E-state index contributed by atoms with van der Waals surface area (Å²) in [6.07, 6.45) is 0.482. The monoisotopic (exact) mass is 739 g/mol. The van der Waals surface area contributed by atoms with Crippen LogP contribution in [0.1, 0.15) is 96.4 Å². The summed E-state index contributed by atoms with van der Waals surface area (Å²) in [7, 11) is -3.88. The van der Waals surface area contributed by atoms with Crippen molar-refractivity contribution >= 4 is 39.5 Å². The number of carboxylic acid groups (broad SMARTS) is 1. The topological polar surface area (TPSA) is 165 Å². The molecule has 0 bridgehead atoms. The molecule has 2 aromatic rings. The van der Waals surface area contributed by atoms with Crippen molar-refractivity contribution in [3.63, 3.8) is 0 Å². The van der Waals surface area contributed by atoms with Gasteiger partial charge in [0.15, 0.2) is 0 Å². The van der Waals surface area contributed by atoms with E-state index in [-0.39, 0.29) is 54.7 Å². The van der Waals surface area contributed by atoms with Crippen molar-refractivity contribution < 1.29 is 37.1 Å². The molecule has 1 saturated heterocycles. The molecule has 6 atom stereocenters. The van der Waals surface area contributed by atoms with E-state index in [4.69, 9.17) is 0 Å². The van der Waals surface area contributed by atoms with Crippen molar-refractivity contribution in [1.29, 1.82) is 0 Å². The van der Waals surface area contributed by atoms with Crippen molar-refractivity contribution in [2.75, 3.05) is 11.9 Å². The van der Waals surface area contributed by atoms with Crippen LogP contribution in [0.2, 0.25) is 0 Å². The zero-order valence-electron chi connectivity index (χ0n) is 30.6. The van der Waals surface area contributed by atoms with Gasteiger partial charge in [0, 0.05) is 23.7 Å². The summed E-state index contributed by atoms with van der Waals surface area (Å²) in [4.78, 5) is 57.8. The van der Waals surface area contributed by atoms with Crippen LogP contribution in [0, 0.1) is 23.6 Å². The molecule has 4 aliphatic rings. The number of nitrogens with zero attached hydrogens (tertiary/aromatic N) is 2. The summed E-state index contributed by atoms with van der Waals surface area (Å²) < 4.78 is 42.6. The van der Waals surface area contributed by atoms with Crippen LogP contribution in [0.4, 0.5) is 14.9 Å². The Balaban J connectivity index is 1.33. The molecular formula is C38H50FN5O7S. The average molecular weight is 740 g/mol. The summed E-state index contributed by atoms with van der Waals surface area (Å²) in [6.45, 7) is 11.8. The predicted molar refractivity (Wildman–Crippen MR) is 193 cm³/mol. The Morgan fingerprint density at radius 3 is 2.35 bits per heavy atom. The van der Waals surface area contributed by atoms with E-state index in [0.29, 0.717) is 24.8 Å². The van der Waals surface area contributed by atoms with Crippen LogP contribution in [0.25, 0.3) is 0 Å². The Hall–Kier alpha value is -4.20. The highest BCUT2D eigenvalue weighted by atomic mass is 32.2. The van der Waals surface area contributed by atoms with Gasteiger partial charge in [-0.15, -0.1) is 0 Å². The van der Waals surface area contributed by atoms with Crippen LogP contribution in [0.3, 0.4) is 0 Å². The second-order valence-electron chi connectivity index (χ2n) is 16.3. The quantitative estimate of drug-likeness (QED) is 0.253. The number of benzene rings is 2. The molecule has 12 nitrogen and oxygen atoms in total. The maximum Gasteiger partial charge on any atom is 0.408 e. The first-order valence-electron chi connectivity index (χ1n) is 18.2. The second kappa shape index (κ2) is 13.7. The lowest BCUT2D eigenvalue weighted by Crippen LogP contribution is -2.58. The average Bonchev–Trinajstić information content (AvgIpc) is 3.97. The molecule has 2 heterocycles. The highest BCUT2D eigenvalue weighted by Crippen LogP contribution is 2.48. The van der Waals surface area contributed by atoms with Crippen LogP contribution in [-0.2, 0) is 36.4 Å². The molecule has 2 aliphatic heterocycles. The van der Waals surface area contributed by atoms with Crippen LogP contribution in [0.15, 0.2) is 42.5 Å². The number of hydrogen-bond donors (Lipinski definition) is 4. The summed E-state index contributed by atoms with van der Waals surface area (Å²) >= 11 is 0. The van der Waals surface area contributed by atoms with Gasteiger partial charge in [0.1, 0.15) is 23.4 Å². The third-order valence-corrected chi connectivity index (χ3v) is 13.1. The Kier molecular flexibility index (Phi) is 9.86. The molecule has 0 aromatic heterocycles. The minimum atomic E-state index is -3.88. The number of rotatable bonds is 11. The van der Waals surface area contributed by atoms with Gasteiger partial charge in [0.25, 0.3) is 5.91 Å². The molecule has 2 aromatic carbocycles. The molecule has 0 radical (unpaired) electrons. The summed E-state index contributed by atoms with van der Waals surface area (Å²) in [5, 5.41) is 15.8. The number of nitrogens with one attached hydrogen (secondary N) is 3. The van der Waals surface area contributed by atoms with Gasteiger partial charge >= 0.3 is 6.09 Å². The van der Waals surface area contributed by atoms with Crippen LogP contribution in [-0.4, -0.2) is 76.6 Å². The van der Waals surface area contributed by atoms with Gasteiger partial charge in [-0.1, -0.05) is 72.2 Å². The fourth-order valence-corrected chi connectivity index (χ4v) is 9.35. The maximum atomic E-state index is 15.0. The zero-order valence-corrected chi connectivity index (χ0v) is 31.4. The Bertz CT molecular complexity index is 1880. The van der Waals surface area contributed by atoms with E-state index < -0.39 is 68.6 Å². The predicted octanol–water partition coefficient (Wildman–Crippen LogP) is 4.91. The number of carbonyl (C=O) groups excluding carboxylic acids is 3. The molecule has 52 heavy (non-hydrogen) atoms. The lowest BCUT2D eigenvalue weighted by molar-refractivity contribution is -0.140. The first-order valence-corrected chi connectivity index (χ1v) is 19.7. The van der Waals surface area contributed by atoms with Gasteiger partial charge in [-0.05, 0) is 72.3 Å². The molecule has 0 spiro atoms. The Labute approximate surface area is 304 Å². The number of sulfonamides is 1. The number of halogens is 1. The largest absolute Gasteiger partial charge is 0.465 e. The van der Waals surface area contributed by atoms with Gasteiger partial charge in [0.05, 0.1) is 17.8 Å². The maximum absolute atomic E-state index is 15.0. The van der Waals surface area contributed by atoms with Gasteiger partial charge in [0.2, 0.25) is 21.8 Å². The molecule has 1 unspecified atom stereocenters. The minimum absolute atomic E-state index is 0.000707.